The van der Waals surface area contributed by atoms with E-state index in [0.717, 1.165) is 5.56 Å². The van der Waals surface area contributed by atoms with Crippen molar-refractivity contribution in [2.45, 2.75) is 6.42 Å². The van der Waals surface area contributed by atoms with E-state index in [9.17, 15) is 9.90 Å². The molecule has 0 unspecified atom stereocenters. The molecule has 1 aromatic carbocycles. The first-order chi connectivity index (χ1) is 13.1. The van der Waals surface area contributed by atoms with Crippen molar-refractivity contribution in [2.24, 2.45) is 0 Å². The van der Waals surface area contributed by atoms with E-state index in [-0.39, 0.29) is 5.56 Å². The highest BCUT2D eigenvalue weighted by Crippen LogP contribution is 2.36. The number of thiophene rings is 1. The van der Waals surface area contributed by atoms with Gasteiger partial charge < -0.3 is 10.4 Å². The van der Waals surface area contributed by atoms with Crippen LogP contribution in [0.25, 0.3) is 16.2 Å². The predicted molar refractivity (Wildman–Crippen MR) is 105 cm³/mol. The first kappa shape index (κ1) is 17.4. The molecule has 0 aliphatic carbocycles. The third-order valence-corrected chi connectivity index (χ3v) is 5.22. The number of aromatic carboxylic acids is 1. The van der Waals surface area contributed by atoms with E-state index >= 15 is 0 Å². The Kier molecular flexibility index (Phi) is 4.74. The van der Waals surface area contributed by atoms with Gasteiger partial charge in [-0.1, -0.05) is 23.7 Å². The molecule has 4 rings (SSSR count). The summed E-state index contributed by atoms with van der Waals surface area (Å²) in [6.45, 7) is 0.508. The van der Waals surface area contributed by atoms with Crippen LogP contribution in [0.5, 0.6) is 0 Å². The molecular formula is C18H14ClN5O2S. The second-order valence-corrected chi connectivity index (χ2v) is 7.05. The number of carboxylic acids is 1. The van der Waals surface area contributed by atoms with Crippen LogP contribution in [0.3, 0.4) is 0 Å². The van der Waals surface area contributed by atoms with Crippen molar-refractivity contribution in [3.8, 4) is 10.4 Å². The molecule has 0 saturated heterocycles. The number of carbonyl (C=O) groups is 1. The van der Waals surface area contributed by atoms with Crippen molar-refractivity contribution in [3.05, 3.63) is 64.5 Å². The quantitative estimate of drug-likeness (QED) is 0.511. The van der Waals surface area contributed by atoms with Gasteiger partial charge in [0, 0.05) is 35.8 Å². The van der Waals surface area contributed by atoms with E-state index in [0.29, 0.717) is 40.2 Å². The molecule has 0 aliphatic heterocycles. The number of hydrogen-bond acceptors (Lipinski definition) is 6. The molecule has 7 nitrogen and oxygen atoms in total. The fraction of sp³-hybridized carbons (Fsp3) is 0.111. The van der Waals surface area contributed by atoms with Crippen LogP contribution in [0.4, 0.5) is 5.69 Å². The molecule has 136 valence electrons. The van der Waals surface area contributed by atoms with Gasteiger partial charge in [-0.25, -0.2) is 14.3 Å². The Morgan fingerprint density at radius 1 is 1.30 bits per heavy atom. The number of carboxylic acid groups (broad SMARTS) is 1. The molecule has 0 saturated carbocycles. The van der Waals surface area contributed by atoms with Crippen LogP contribution in [-0.4, -0.2) is 37.2 Å². The highest BCUT2D eigenvalue weighted by atomic mass is 35.5. The number of nitrogens with one attached hydrogen (secondary N) is 1. The van der Waals surface area contributed by atoms with Gasteiger partial charge in [-0.05, 0) is 23.8 Å². The maximum Gasteiger partial charge on any atom is 0.339 e. The van der Waals surface area contributed by atoms with Crippen LogP contribution >= 0.6 is 22.9 Å². The van der Waals surface area contributed by atoms with Crippen LogP contribution < -0.4 is 5.32 Å². The SMILES string of the molecule is O=C(O)c1c(NCCc2nc3ncccn3n2)csc1-c1ccc(Cl)cc1. The maximum atomic E-state index is 11.8. The average molecular weight is 400 g/mol. The Labute approximate surface area is 163 Å². The highest BCUT2D eigenvalue weighted by Gasteiger charge is 2.19. The van der Waals surface area contributed by atoms with Gasteiger partial charge in [0.05, 0.1) is 10.6 Å². The lowest BCUT2D eigenvalue weighted by Crippen LogP contribution is -2.09. The van der Waals surface area contributed by atoms with Crippen molar-refractivity contribution < 1.29 is 9.90 Å². The van der Waals surface area contributed by atoms with Crippen molar-refractivity contribution in [1.29, 1.82) is 0 Å². The fourth-order valence-corrected chi connectivity index (χ4v) is 3.85. The Morgan fingerprint density at radius 2 is 2.11 bits per heavy atom. The highest BCUT2D eigenvalue weighted by molar-refractivity contribution is 7.14. The predicted octanol–water partition coefficient (Wildman–Crippen LogP) is 3.86. The molecule has 0 fully saturated rings. The summed E-state index contributed by atoms with van der Waals surface area (Å²) < 4.78 is 1.61. The molecule has 9 heteroatoms. The molecule has 0 amide bonds. The van der Waals surface area contributed by atoms with Gasteiger partial charge >= 0.3 is 5.97 Å². The van der Waals surface area contributed by atoms with Crippen LogP contribution in [0.15, 0.2) is 48.1 Å². The molecule has 3 aromatic heterocycles. The van der Waals surface area contributed by atoms with E-state index in [2.05, 4.69) is 20.4 Å². The Hall–Kier alpha value is -2.97. The minimum Gasteiger partial charge on any atom is -0.478 e. The monoisotopic (exact) mass is 399 g/mol. The fourth-order valence-electron chi connectivity index (χ4n) is 2.70. The van der Waals surface area contributed by atoms with Gasteiger partial charge in [-0.2, -0.15) is 4.98 Å². The summed E-state index contributed by atoms with van der Waals surface area (Å²) in [4.78, 5) is 21.0. The zero-order chi connectivity index (χ0) is 18.8. The minimum atomic E-state index is -0.973. The number of anilines is 1. The van der Waals surface area contributed by atoms with Gasteiger partial charge in [0.1, 0.15) is 5.56 Å². The molecule has 0 aliphatic rings. The topological polar surface area (TPSA) is 92.4 Å². The third-order valence-electron chi connectivity index (χ3n) is 3.94. The number of nitrogens with zero attached hydrogens (tertiary/aromatic N) is 4. The molecule has 4 aromatic rings. The summed E-state index contributed by atoms with van der Waals surface area (Å²) in [6, 6.07) is 8.92. The third kappa shape index (κ3) is 3.62. The molecule has 27 heavy (non-hydrogen) atoms. The Bertz CT molecular complexity index is 1070. The second-order valence-electron chi connectivity index (χ2n) is 5.73. The first-order valence-corrected chi connectivity index (χ1v) is 9.38. The summed E-state index contributed by atoms with van der Waals surface area (Å²) >= 11 is 7.30. The largest absolute Gasteiger partial charge is 0.478 e. The number of fused-ring (bicyclic) bond motifs is 1. The van der Waals surface area contributed by atoms with E-state index < -0.39 is 5.97 Å². The van der Waals surface area contributed by atoms with E-state index in [1.165, 1.54) is 11.3 Å². The summed E-state index contributed by atoms with van der Waals surface area (Å²) in [5.74, 6) is 0.212. The molecule has 2 N–H and O–H groups in total. The summed E-state index contributed by atoms with van der Waals surface area (Å²) in [7, 11) is 0. The van der Waals surface area contributed by atoms with E-state index in [4.69, 9.17) is 11.6 Å². The van der Waals surface area contributed by atoms with Crippen molar-refractivity contribution >= 4 is 40.4 Å². The Balaban J connectivity index is 1.51. The van der Waals surface area contributed by atoms with Crippen LogP contribution in [0.1, 0.15) is 16.2 Å². The van der Waals surface area contributed by atoms with E-state index in [1.807, 2.05) is 17.5 Å². The number of rotatable bonds is 6. The van der Waals surface area contributed by atoms with Crippen LogP contribution in [0.2, 0.25) is 5.02 Å². The zero-order valence-electron chi connectivity index (χ0n) is 14.0. The number of aromatic nitrogens is 4. The van der Waals surface area contributed by atoms with Crippen molar-refractivity contribution in [3.63, 3.8) is 0 Å². The number of halogens is 1. The van der Waals surface area contributed by atoms with Crippen molar-refractivity contribution in [2.75, 3.05) is 11.9 Å². The van der Waals surface area contributed by atoms with Crippen LogP contribution in [0, 0.1) is 0 Å². The minimum absolute atomic E-state index is 0.256. The standard InChI is InChI=1S/C18H14ClN5O2S/c19-12-4-2-11(3-5-12)16-15(17(25)26)13(10-27-16)20-8-6-14-22-18-21-7-1-9-24(18)23-14/h1-5,7,9-10,20H,6,8H2,(H,25,26). The Morgan fingerprint density at radius 3 is 2.85 bits per heavy atom. The van der Waals surface area contributed by atoms with Crippen molar-refractivity contribution in [1.82, 2.24) is 19.6 Å². The number of hydrogen-bond donors (Lipinski definition) is 2. The lowest BCUT2D eigenvalue weighted by Gasteiger charge is -2.06. The smallest absolute Gasteiger partial charge is 0.339 e. The van der Waals surface area contributed by atoms with Gasteiger partial charge in [0.25, 0.3) is 5.78 Å². The molecule has 0 radical (unpaired) electrons. The zero-order valence-corrected chi connectivity index (χ0v) is 15.5. The molecule has 3 heterocycles. The van der Waals surface area contributed by atoms with Gasteiger partial charge in [-0.15, -0.1) is 16.4 Å². The lowest BCUT2D eigenvalue weighted by molar-refractivity contribution is 0.0699. The van der Waals surface area contributed by atoms with Gasteiger partial charge in [-0.3, -0.25) is 0 Å². The van der Waals surface area contributed by atoms with Crippen LogP contribution in [-0.2, 0) is 6.42 Å². The second kappa shape index (κ2) is 7.34. The molecular weight excluding hydrogens is 386 g/mol. The molecule has 0 spiro atoms. The summed E-state index contributed by atoms with van der Waals surface area (Å²) in [5.41, 5.74) is 1.66. The summed E-state index contributed by atoms with van der Waals surface area (Å²) in [6.07, 6.45) is 4.00. The average Bonchev–Trinajstić information content (AvgIpc) is 3.26. The first-order valence-electron chi connectivity index (χ1n) is 8.12. The summed E-state index contributed by atoms with van der Waals surface area (Å²) in [5, 5.41) is 19.6. The molecule has 0 atom stereocenters. The molecule has 0 bridgehead atoms. The number of benzene rings is 1. The lowest BCUT2D eigenvalue weighted by atomic mass is 10.1. The van der Waals surface area contributed by atoms with E-state index in [1.54, 1.807) is 35.1 Å². The van der Waals surface area contributed by atoms with Gasteiger partial charge in [0.15, 0.2) is 5.82 Å². The van der Waals surface area contributed by atoms with Gasteiger partial charge in [0.2, 0.25) is 0 Å². The normalized spacial score (nSPS) is 11.0. The maximum absolute atomic E-state index is 11.8.